The van der Waals surface area contributed by atoms with Gasteiger partial charge in [-0.1, -0.05) is 48.0 Å². The molecule has 0 aromatic heterocycles. The number of carbonyl (C=O) groups is 2. The average molecular weight is 417 g/mol. The van der Waals surface area contributed by atoms with Gasteiger partial charge in [-0.05, 0) is 60.8 Å². The van der Waals surface area contributed by atoms with Crippen molar-refractivity contribution < 1.29 is 14.3 Å². The van der Waals surface area contributed by atoms with E-state index >= 15 is 0 Å². The summed E-state index contributed by atoms with van der Waals surface area (Å²) >= 11 is 5.31. The molecule has 1 aliphatic heterocycles. The highest BCUT2D eigenvalue weighted by molar-refractivity contribution is 7.80. The Kier molecular flexibility index (Phi) is 5.10. The predicted octanol–water partition coefficient (Wildman–Crippen LogP) is 4.30. The van der Waals surface area contributed by atoms with Gasteiger partial charge in [0.1, 0.15) is 11.3 Å². The standard InChI is InChI=1S/C24H20N2O3S/c1-14-8-10-20(15(2)12-14)26-23(28)19(22(27)25-24(26)30)13-16-9-11-21(29-3)18-7-5-4-6-17(16)18/h4-13H,1-3H3,(H,25,27,30)/b19-13+. The number of nitrogens with zero attached hydrogens (tertiary/aromatic N) is 1. The van der Waals surface area contributed by atoms with Crippen LogP contribution in [0.25, 0.3) is 16.8 Å². The largest absolute Gasteiger partial charge is 0.496 e. The number of benzene rings is 3. The molecular formula is C24H20N2O3S. The van der Waals surface area contributed by atoms with E-state index in [0.717, 1.165) is 33.2 Å². The van der Waals surface area contributed by atoms with E-state index in [1.54, 1.807) is 13.2 Å². The van der Waals surface area contributed by atoms with Crippen LogP contribution in [0.1, 0.15) is 16.7 Å². The number of fused-ring (bicyclic) bond motifs is 1. The minimum absolute atomic E-state index is 0.0268. The number of ether oxygens (including phenoxy) is 1. The third kappa shape index (κ3) is 3.35. The number of amides is 2. The molecule has 2 amide bonds. The van der Waals surface area contributed by atoms with Crippen LogP contribution in [-0.4, -0.2) is 24.0 Å². The number of nitrogens with one attached hydrogen (secondary N) is 1. The molecule has 0 aliphatic carbocycles. The van der Waals surface area contributed by atoms with Crippen LogP contribution >= 0.6 is 12.2 Å². The Morgan fingerprint density at radius 3 is 2.43 bits per heavy atom. The maximum Gasteiger partial charge on any atom is 0.270 e. The fourth-order valence-electron chi connectivity index (χ4n) is 3.69. The molecule has 0 spiro atoms. The fraction of sp³-hybridized carbons (Fsp3) is 0.125. The van der Waals surface area contributed by atoms with E-state index in [4.69, 9.17) is 17.0 Å². The molecule has 150 valence electrons. The maximum atomic E-state index is 13.3. The van der Waals surface area contributed by atoms with Crippen molar-refractivity contribution in [2.75, 3.05) is 12.0 Å². The molecule has 1 heterocycles. The number of rotatable bonds is 3. The van der Waals surface area contributed by atoms with Gasteiger partial charge in [0.05, 0.1) is 12.8 Å². The van der Waals surface area contributed by atoms with Gasteiger partial charge in [0, 0.05) is 5.39 Å². The molecule has 30 heavy (non-hydrogen) atoms. The van der Waals surface area contributed by atoms with Gasteiger partial charge in [0.2, 0.25) is 0 Å². The Labute approximate surface area is 179 Å². The molecule has 5 nitrogen and oxygen atoms in total. The van der Waals surface area contributed by atoms with E-state index < -0.39 is 11.8 Å². The molecular weight excluding hydrogens is 396 g/mol. The lowest BCUT2D eigenvalue weighted by atomic mass is 10.00. The summed E-state index contributed by atoms with van der Waals surface area (Å²) in [6.07, 6.45) is 1.61. The molecule has 0 atom stereocenters. The predicted molar refractivity (Wildman–Crippen MR) is 123 cm³/mol. The second-order valence-electron chi connectivity index (χ2n) is 7.15. The van der Waals surface area contributed by atoms with Gasteiger partial charge >= 0.3 is 0 Å². The number of aryl methyl sites for hydroxylation is 2. The number of methoxy groups -OCH3 is 1. The summed E-state index contributed by atoms with van der Waals surface area (Å²) in [5, 5.41) is 4.51. The molecule has 1 aliphatic rings. The summed E-state index contributed by atoms with van der Waals surface area (Å²) < 4.78 is 5.43. The van der Waals surface area contributed by atoms with Crippen LogP contribution in [0.5, 0.6) is 5.75 Å². The highest BCUT2D eigenvalue weighted by Crippen LogP contribution is 2.31. The normalized spacial score (nSPS) is 15.6. The Morgan fingerprint density at radius 2 is 1.73 bits per heavy atom. The van der Waals surface area contributed by atoms with Gasteiger partial charge < -0.3 is 4.74 Å². The number of hydrogen-bond donors (Lipinski definition) is 1. The zero-order valence-corrected chi connectivity index (χ0v) is 17.7. The first kappa shape index (κ1) is 19.8. The summed E-state index contributed by atoms with van der Waals surface area (Å²) in [7, 11) is 1.61. The van der Waals surface area contributed by atoms with Crippen molar-refractivity contribution in [3.05, 3.63) is 76.9 Å². The van der Waals surface area contributed by atoms with Gasteiger partial charge in [0.15, 0.2) is 5.11 Å². The molecule has 6 heteroatoms. The van der Waals surface area contributed by atoms with E-state index in [1.165, 1.54) is 4.90 Å². The Morgan fingerprint density at radius 1 is 1.00 bits per heavy atom. The molecule has 4 rings (SSSR count). The number of hydrogen-bond acceptors (Lipinski definition) is 4. The Bertz CT molecular complexity index is 1250. The smallest absolute Gasteiger partial charge is 0.270 e. The van der Waals surface area contributed by atoms with E-state index in [0.29, 0.717) is 5.69 Å². The first-order valence-corrected chi connectivity index (χ1v) is 9.86. The van der Waals surface area contributed by atoms with Gasteiger partial charge in [-0.15, -0.1) is 0 Å². The van der Waals surface area contributed by atoms with Crippen LogP contribution in [0, 0.1) is 13.8 Å². The molecule has 1 N–H and O–H groups in total. The van der Waals surface area contributed by atoms with Gasteiger partial charge in [-0.2, -0.15) is 0 Å². The van der Waals surface area contributed by atoms with Crippen LogP contribution in [-0.2, 0) is 9.59 Å². The summed E-state index contributed by atoms with van der Waals surface area (Å²) in [5.74, 6) is -0.230. The lowest BCUT2D eigenvalue weighted by Crippen LogP contribution is -2.54. The van der Waals surface area contributed by atoms with Crippen LogP contribution in [0.2, 0.25) is 0 Å². The molecule has 1 saturated heterocycles. The second kappa shape index (κ2) is 7.72. The third-order valence-electron chi connectivity index (χ3n) is 5.13. The van der Waals surface area contributed by atoms with E-state index in [-0.39, 0.29) is 10.7 Å². The molecule has 0 saturated carbocycles. The van der Waals surface area contributed by atoms with Crippen molar-refractivity contribution in [3.8, 4) is 5.75 Å². The monoisotopic (exact) mass is 416 g/mol. The maximum absolute atomic E-state index is 13.3. The zero-order chi connectivity index (χ0) is 21.4. The van der Waals surface area contributed by atoms with E-state index in [2.05, 4.69) is 5.32 Å². The number of anilines is 1. The van der Waals surface area contributed by atoms with Gasteiger partial charge in [0.25, 0.3) is 11.8 Å². The van der Waals surface area contributed by atoms with E-state index in [1.807, 2.05) is 68.4 Å². The molecule has 3 aromatic rings. The molecule has 0 unspecified atom stereocenters. The molecule has 0 radical (unpaired) electrons. The topological polar surface area (TPSA) is 58.6 Å². The lowest BCUT2D eigenvalue weighted by Gasteiger charge is -2.30. The average Bonchev–Trinajstić information content (AvgIpc) is 2.72. The summed E-state index contributed by atoms with van der Waals surface area (Å²) in [6, 6.07) is 17.1. The SMILES string of the molecule is COc1ccc(/C=C2\C(=O)NC(=S)N(c3ccc(C)cc3C)C2=O)c2ccccc12. The Hall–Kier alpha value is -3.51. The van der Waals surface area contributed by atoms with Crippen molar-refractivity contribution in [1.29, 1.82) is 0 Å². The van der Waals surface area contributed by atoms with Crippen molar-refractivity contribution in [3.63, 3.8) is 0 Å². The first-order chi connectivity index (χ1) is 14.4. The quantitative estimate of drug-likeness (QED) is 0.393. The third-order valence-corrected chi connectivity index (χ3v) is 5.42. The van der Waals surface area contributed by atoms with Crippen LogP contribution in [0.15, 0.2) is 60.2 Å². The van der Waals surface area contributed by atoms with Crippen LogP contribution in [0.3, 0.4) is 0 Å². The Balaban J connectivity index is 1.84. The number of thiocarbonyl (C=S) groups is 1. The zero-order valence-electron chi connectivity index (χ0n) is 16.9. The van der Waals surface area contributed by atoms with Crippen molar-refractivity contribution in [2.24, 2.45) is 0 Å². The van der Waals surface area contributed by atoms with Crippen molar-refractivity contribution in [1.82, 2.24) is 5.32 Å². The van der Waals surface area contributed by atoms with E-state index in [9.17, 15) is 9.59 Å². The van der Waals surface area contributed by atoms with Crippen LogP contribution in [0.4, 0.5) is 5.69 Å². The second-order valence-corrected chi connectivity index (χ2v) is 7.54. The lowest BCUT2D eigenvalue weighted by molar-refractivity contribution is -0.122. The molecule has 0 bridgehead atoms. The molecule has 1 fully saturated rings. The summed E-state index contributed by atoms with van der Waals surface area (Å²) in [4.78, 5) is 27.4. The van der Waals surface area contributed by atoms with Crippen molar-refractivity contribution in [2.45, 2.75) is 13.8 Å². The summed E-state index contributed by atoms with van der Waals surface area (Å²) in [5.41, 5.74) is 3.41. The highest BCUT2D eigenvalue weighted by Gasteiger charge is 2.35. The molecule has 3 aromatic carbocycles. The minimum Gasteiger partial charge on any atom is -0.496 e. The minimum atomic E-state index is -0.508. The first-order valence-electron chi connectivity index (χ1n) is 9.45. The highest BCUT2D eigenvalue weighted by atomic mass is 32.1. The fourth-order valence-corrected chi connectivity index (χ4v) is 3.96. The number of carbonyl (C=O) groups excluding carboxylic acids is 2. The van der Waals surface area contributed by atoms with Gasteiger partial charge in [-0.3, -0.25) is 19.8 Å². The van der Waals surface area contributed by atoms with Crippen molar-refractivity contribution >= 4 is 51.7 Å². The van der Waals surface area contributed by atoms with Gasteiger partial charge in [-0.25, -0.2) is 0 Å². The summed E-state index contributed by atoms with van der Waals surface area (Å²) in [6.45, 7) is 3.89. The van der Waals surface area contributed by atoms with Crippen LogP contribution < -0.4 is 15.0 Å².